The van der Waals surface area contributed by atoms with Crippen molar-refractivity contribution in [2.24, 2.45) is 0 Å². The molecule has 0 aliphatic heterocycles. The van der Waals surface area contributed by atoms with Gasteiger partial charge in [0.1, 0.15) is 5.54 Å². The Balaban J connectivity index is 1.89. The molecule has 0 radical (unpaired) electrons. The van der Waals surface area contributed by atoms with Crippen LogP contribution in [0, 0.1) is 11.3 Å². The molecule has 0 spiro atoms. The summed E-state index contributed by atoms with van der Waals surface area (Å²) < 4.78 is 0. The Morgan fingerprint density at radius 3 is 3.00 bits per heavy atom. The standard InChI is InChI=1S/C12H15N3S/c1-12(8-13,15-10-5-6-10)9-16-11-4-2-3-7-14-11/h2-4,7,10,15H,5-6,9H2,1H3. The molecule has 1 saturated carbocycles. The molecule has 1 aromatic rings. The first-order chi connectivity index (χ1) is 7.72. The molecule has 2 rings (SSSR count). The fraction of sp³-hybridized carbons (Fsp3) is 0.500. The molecule has 0 bridgehead atoms. The van der Waals surface area contributed by atoms with E-state index in [1.54, 1.807) is 18.0 Å². The normalized spacial score (nSPS) is 18.8. The van der Waals surface area contributed by atoms with Gasteiger partial charge in [0, 0.05) is 18.0 Å². The highest BCUT2D eigenvalue weighted by atomic mass is 32.2. The number of nitriles is 1. The first-order valence-electron chi connectivity index (χ1n) is 5.45. The minimum Gasteiger partial charge on any atom is -0.296 e. The first kappa shape index (κ1) is 11.4. The largest absolute Gasteiger partial charge is 0.296 e. The van der Waals surface area contributed by atoms with Crippen LogP contribution < -0.4 is 5.32 Å². The average Bonchev–Trinajstić information content (AvgIpc) is 3.12. The molecule has 0 amide bonds. The zero-order valence-electron chi connectivity index (χ0n) is 9.31. The lowest BCUT2D eigenvalue weighted by Crippen LogP contribution is -2.44. The van der Waals surface area contributed by atoms with Gasteiger partial charge < -0.3 is 0 Å². The molecule has 0 aromatic carbocycles. The maximum Gasteiger partial charge on any atom is 0.113 e. The summed E-state index contributed by atoms with van der Waals surface area (Å²) in [5, 5.41) is 13.5. The molecule has 1 N–H and O–H groups in total. The highest BCUT2D eigenvalue weighted by molar-refractivity contribution is 7.99. The Morgan fingerprint density at radius 2 is 2.44 bits per heavy atom. The lowest BCUT2D eigenvalue weighted by atomic mass is 10.1. The lowest BCUT2D eigenvalue weighted by molar-refractivity contribution is 0.490. The molecule has 84 valence electrons. The molecule has 1 unspecified atom stereocenters. The molecule has 3 nitrogen and oxygen atoms in total. The summed E-state index contributed by atoms with van der Waals surface area (Å²) in [5.74, 6) is 0.733. The van der Waals surface area contributed by atoms with Crippen molar-refractivity contribution in [3.8, 4) is 6.07 Å². The third-order valence-electron chi connectivity index (χ3n) is 2.49. The number of nitrogens with one attached hydrogen (secondary N) is 1. The monoisotopic (exact) mass is 233 g/mol. The van der Waals surface area contributed by atoms with E-state index in [9.17, 15) is 5.26 Å². The smallest absolute Gasteiger partial charge is 0.113 e. The van der Waals surface area contributed by atoms with Crippen molar-refractivity contribution in [1.82, 2.24) is 10.3 Å². The van der Waals surface area contributed by atoms with Gasteiger partial charge in [0.15, 0.2) is 0 Å². The van der Waals surface area contributed by atoms with E-state index in [2.05, 4.69) is 16.4 Å². The Kier molecular flexibility index (Phi) is 3.47. The Hall–Kier alpha value is -1.05. The quantitative estimate of drug-likeness (QED) is 0.792. The highest BCUT2D eigenvalue weighted by Gasteiger charge is 2.32. The molecular formula is C12H15N3S. The summed E-state index contributed by atoms with van der Waals surface area (Å²) in [5.41, 5.74) is -0.441. The summed E-state index contributed by atoms with van der Waals surface area (Å²) >= 11 is 1.63. The average molecular weight is 233 g/mol. The molecule has 1 aliphatic carbocycles. The van der Waals surface area contributed by atoms with E-state index in [0.29, 0.717) is 6.04 Å². The zero-order valence-corrected chi connectivity index (χ0v) is 10.1. The lowest BCUT2D eigenvalue weighted by Gasteiger charge is -2.22. The summed E-state index contributed by atoms with van der Waals surface area (Å²) in [6, 6.07) is 8.75. The van der Waals surface area contributed by atoms with Gasteiger partial charge >= 0.3 is 0 Å². The van der Waals surface area contributed by atoms with Gasteiger partial charge in [0.25, 0.3) is 0 Å². The van der Waals surface area contributed by atoms with Gasteiger partial charge in [-0.2, -0.15) is 5.26 Å². The number of hydrogen-bond donors (Lipinski definition) is 1. The first-order valence-corrected chi connectivity index (χ1v) is 6.43. The Labute approximate surface area is 100 Å². The van der Waals surface area contributed by atoms with Crippen molar-refractivity contribution in [3.05, 3.63) is 24.4 Å². The second kappa shape index (κ2) is 4.86. The van der Waals surface area contributed by atoms with E-state index < -0.39 is 5.54 Å². The summed E-state index contributed by atoms with van der Waals surface area (Å²) in [7, 11) is 0. The van der Waals surface area contributed by atoms with E-state index in [4.69, 9.17) is 0 Å². The minimum absolute atomic E-state index is 0.441. The molecule has 0 saturated heterocycles. The molecule has 16 heavy (non-hydrogen) atoms. The van der Waals surface area contributed by atoms with Crippen molar-refractivity contribution >= 4 is 11.8 Å². The van der Waals surface area contributed by atoms with E-state index in [0.717, 1.165) is 10.8 Å². The number of pyridine rings is 1. The zero-order chi connectivity index (χ0) is 11.4. The summed E-state index contributed by atoms with van der Waals surface area (Å²) in [4.78, 5) is 4.24. The predicted octanol–water partition coefficient (Wildman–Crippen LogP) is 2.21. The fourth-order valence-corrected chi connectivity index (χ4v) is 2.33. The van der Waals surface area contributed by atoms with Crippen molar-refractivity contribution in [1.29, 1.82) is 5.26 Å². The van der Waals surface area contributed by atoms with Crippen molar-refractivity contribution in [2.75, 3.05) is 5.75 Å². The molecule has 1 aromatic heterocycles. The fourth-order valence-electron chi connectivity index (χ4n) is 1.44. The second-order valence-electron chi connectivity index (χ2n) is 4.32. The third-order valence-corrected chi connectivity index (χ3v) is 3.75. The van der Waals surface area contributed by atoms with E-state index in [1.165, 1.54) is 12.8 Å². The van der Waals surface area contributed by atoms with Crippen molar-refractivity contribution < 1.29 is 0 Å². The number of nitrogens with zero attached hydrogens (tertiary/aromatic N) is 2. The molecule has 1 aliphatic rings. The van der Waals surface area contributed by atoms with Gasteiger partial charge in [-0.1, -0.05) is 6.07 Å². The van der Waals surface area contributed by atoms with Crippen molar-refractivity contribution in [3.63, 3.8) is 0 Å². The van der Waals surface area contributed by atoms with Crippen LogP contribution >= 0.6 is 11.8 Å². The van der Waals surface area contributed by atoms with E-state index >= 15 is 0 Å². The number of thioether (sulfide) groups is 1. The van der Waals surface area contributed by atoms with Gasteiger partial charge in [-0.25, -0.2) is 4.98 Å². The van der Waals surface area contributed by atoms with Crippen LogP contribution in [0.1, 0.15) is 19.8 Å². The minimum atomic E-state index is -0.441. The van der Waals surface area contributed by atoms with E-state index in [1.807, 2.05) is 25.1 Å². The van der Waals surface area contributed by atoms with Crippen LogP contribution in [-0.4, -0.2) is 22.3 Å². The highest BCUT2D eigenvalue weighted by Crippen LogP contribution is 2.26. The Bertz CT molecular complexity index is 383. The number of hydrogen-bond acceptors (Lipinski definition) is 4. The van der Waals surface area contributed by atoms with Crippen LogP contribution in [0.5, 0.6) is 0 Å². The molecule has 1 atom stereocenters. The summed E-state index contributed by atoms with van der Waals surface area (Å²) in [6.45, 7) is 1.96. The van der Waals surface area contributed by atoms with Gasteiger partial charge in [-0.15, -0.1) is 11.8 Å². The van der Waals surface area contributed by atoms with E-state index in [-0.39, 0.29) is 0 Å². The maximum absolute atomic E-state index is 9.19. The van der Waals surface area contributed by atoms with Crippen LogP contribution in [-0.2, 0) is 0 Å². The maximum atomic E-state index is 9.19. The molecule has 4 heteroatoms. The number of aromatic nitrogens is 1. The number of rotatable bonds is 5. The molecule has 1 fully saturated rings. The van der Waals surface area contributed by atoms with Crippen LogP contribution in [0.2, 0.25) is 0 Å². The van der Waals surface area contributed by atoms with Gasteiger partial charge in [-0.05, 0) is 31.9 Å². The van der Waals surface area contributed by atoms with Crippen LogP contribution in [0.15, 0.2) is 29.4 Å². The van der Waals surface area contributed by atoms with Gasteiger partial charge in [0.05, 0.1) is 11.1 Å². The predicted molar refractivity (Wildman–Crippen MR) is 65.1 cm³/mol. The second-order valence-corrected chi connectivity index (χ2v) is 5.31. The Morgan fingerprint density at radius 1 is 1.62 bits per heavy atom. The van der Waals surface area contributed by atoms with Crippen LogP contribution in [0.25, 0.3) is 0 Å². The molecule has 1 heterocycles. The van der Waals surface area contributed by atoms with Gasteiger partial charge in [-0.3, -0.25) is 5.32 Å². The van der Waals surface area contributed by atoms with Crippen LogP contribution in [0.4, 0.5) is 0 Å². The molecular weight excluding hydrogens is 218 g/mol. The third kappa shape index (κ3) is 3.22. The van der Waals surface area contributed by atoms with Crippen LogP contribution in [0.3, 0.4) is 0 Å². The summed E-state index contributed by atoms with van der Waals surface area (Å²) in [6.07, 6.45) is 4.18. The van der Waals surface area contributed by atoms with Crippen molar-refractivity contribution in [2.45, 2.75) is 36.4 Å². The SMILES string of the molecule is CC(C#N)(CSc1ccccn1)NC1CC1. The van der Waals surface area contributed by atoms with Gasteiger partial charge in [0.2, 0.25) is 0 Å². The topological polar surface area (TPSA) is 48.7 Å².